The molecular formula is C14H24I2N2O4S-2. The van der Waals surface area contributed by atoms with Gasteiger partial charge in [-0.05, 0) is 0 Å². The third-order valence-electron chi connectivity index (χ3n) is 2.93. The summed E-state index contributed by atoms with van der Waals surface area (Å²) in [5.74, 6) is 0.842. The third kappa shape index (κ3) is 6.61. The summed E-state index contributed by atoms with van der Waals surface area (Å²) in [5, 5.41) is 0. The molecule has 9 heteroatoms. The van der Waals surface area contributed by atoms with Crippen molar-refractivity contribution < 1.29 is 59.7 Å². The molecule has 0 spiro atoms. The van der Waals surface area contributed by atoms with Crippen LogP contribution in [0.4, 0.5) is 0 Å². The van der Waals surface area contributed by atoms with Crippen molar-refractivity contribution in [2.45, 2.75) is 27.6 Å². The van der Waals surface area contributed by atoms with Crippen LogP contribution in [-0.2, 0) is 10.0 Å². The molecule has 3 N–H and O–H groups in total. The van der Waals surface area contributed by atoms with Crippen molar-refractivity contribution in [1.29, 1.82) is 0 Å². The molecule has 0 aliphatic rings. The Labute approximate surface area is 160 Å². The second-order valence-corrected chi connectivity index (χ2v) is 13.8. The number of hydrogen-bond acceptors (Lipinski definition) is 5. The molecule has 0 aliphatic heterocycles. The van der Waals surface area contributed by atoms with Gasteiger partial charge in [0.25, 0.3) is 0 Å². The normalized spacial score (nSPS) is 13.9. The van der Waals surface area contributed by atoms with E-state index in [-0.39, 0.29) is 12.7 Å². The molecular weight excluding hydrogens is 546 g/mol. The van der Waals surface area contributed by atoms with E-state index in [0.29, 0.717) is 25.4 Å². The molecule has 1 rings (SSSR count). The molecule has 1 aromatic rings. The SMILES string of the molecule is CCOc1ccc(S(=O)(=O)N(CC(C)C)CC([I-]N)[I-]O)cc1. The summed E-state index contributed by atoms with van der Waals surface area (Å²) >= 11 is -1.72. The van der Waals surface area contributed by atoms with Crippen molar-refractivity contribution in [2.75, 3.05) is 19.7 Å². The summed E-state index contributed by atoms with van der Waals surface area (Å²) in [6.07, 6.45) is 0. The first-order valence-corrected chi connectivity index (χ1v) is 13.3. The van der Waals surface area contributed by atoms with Gasteiger partial charge in [-0.25, -0.2) is 0 Å². The number of nitrogens with zero attached hydrogens (tertiary/aromatic N) is 1. The maximum atomic E-state index is 12.9. The van der Waals surface area contributed by atoms with Gasteiger partial charge in [0, 0.05) is 0 Å². The number of ether oxygens (including phenoxy) is 1. The Morgan fingerprint density at radius 1 is 1.26 bits per heavy atom. The molecule has 6 nitrogen and oxygen atoms in total. The van der Waals surface area contributed by atoms with Crippen LogP contribution in [0.5, 0.6) is 5.75 Å². The van der Waals surface area contributed by atoms with Crippen molar-refractivity contribution in [3.05, 3.63) is 24.3 Å². The van der Waals surface area contributed by atoms with Crippen LogP contribution in [0, 0.1) is 5.92 Å². The van der Waals surface area contributed by atoms with Gasteiger partial charge in [-0.15, -0.1) is 0 Å². The van der Waals surface area contributed by atoms with Crippen LogP contribution in [0.1, 0.15) is 20.8 Å². The molecule has 0 saturated carbocycles. The van der Waals surface area contributed by atoms with Gasteiger partial charge in [0.15, 0.2) is 0 Å². The zero-order valence-electron chi connectivity index (χ0n) is 13.4. The van der Waals surface area contributed by atoms with E-state index in [0.717, 1.165) is 0 Å². The van der Waals surface area contributed by atoms with Crippen LogP contribution in [0.2, 0.25) is 0 Å². The first-order chi connectivity index (χ1) is 10.8. The zero-order valence-corrected chi connectivity index (χ0v) is 18.6. The minimum atomic E-state index is -3.60. The molecule has 0 aliphatic carbocycles. The summed E-state index contributed by atoms with van der Waals surface area (Å²) in [6, 6.07) is 6.45. The summed E-state index contributed by atoms with van der Waals surface area (Å²) < 4.78 is 47.7. The molecule has 23 heavy (non-hydrogen) atoms. The Morgan fingerprint density at radius 2 is 1.87 bits per heavy atom. The van der Waals surface area contributed by atoms with Gasteiger partial charge in [-0.2, -0.15) is 0 Å². The van der Waals surface area contributed by atoms with Gasteiger partial charge in [0.05, 0.1) is 0 Å². The molecule has 0 amide bonds. The van der Waals surface area contributed by atoms with E-state index in [1.807, 2.05) is 20.8 Å². The number of benzene rings is 1. The third-order valence-corrected chi connectivity index (χ3v) is 10.2. The molecule has 1 aromatic carbocycles. The molecule has 1 atom stereocenters. The Balaban J connectivity index is 3.05. The number of rotatable bonds is 10. The van der Waals surface area contributed by atoms with Crippen molar-refractivity contribution in [3.63, 3.8) is 0 Å². The second-order valence-electron chi connectivity index (χ2n) is 5.23. The fourth-order valence-corrected chi connectivity index (χ4v) is 6.39. The average molecular weight is 570 g/mol. The van der Waals surface area contributed by atoms with E-state index < -0.39 is 53.1 Å². The topological polar surface area (TPSA) is 92.9 Å². The quantitative estimate of drug-likeness (QED) is 0.167. The zero-order chi connectivity index (χ0) is 17.5. The summed E-state index contributed by atoms with van der Waals surface area (Å²) in [7, 11) is -3.60. The van der Waals surface area contributed by atoms with E-state index >= 15 is 0 Å². The van der Waals surface area contributed by atoms with Crippen LogP contribution in [0.3, 0.4) is 0 Å². The van der Waals surface area contributed by atoms with Crippen LogP contribution < -0.4 is 51.8 Å². The predicted molar refractivity (Wildman–Crippen MR) is 81.4 cm³/mol. The van der Waals surface area contributed by atoms with Crippen molar-refractivity contribution in [1.82, 2.24) is 4.31 Å². The second kappa shape index (κ2) is 10.3. The van der Waals surface area contributed by atoms with E-state index in [4.69, 9.17) is 8.68 Å². The summed E-state index contributed by atoms with van der Waals surface area (Å²) in [5.41, 5.74) is 0. The van der Waals surface area contributed by atoms with E-state index in [1.54, 1.807) is 24.3 Å². The fraction of sp³-hybridized carbons (Fsp3) is 0.571. The van der Waals surface area contributed by atoms with Crippen LogP contribution in [0.15, 0.2) is 29.2 Å². The molecule has 136 valence electrons. The Hall–Kier alpha value is 0.310. The van der Waals surface area contributed by atoms with Gasteiger partial charge >= 0.3 is 161 Å². The monoisotopic (exact) mass is 570 g/mol. The van der Waals surface area contributed by atoms with Gasteiger partial charge in [0.1, 0.15) is 0 Å². The molecule has 0 heterocycles. The van der Waals surface area contributed by atoms with Gasteiger partial charge in [0.2, 0.25) is 0 Å². The summed E-state index contributed by atoms with van der Waals surface area (Å²) in [4.78, 5) is 0.242. The van der Waals surface area contributed by atoms with Crippen molar-refractivity contribution >= 4 is 10.0 Å². The van der Waals surface area contributed by atoms with Crippen LogP contribution >= 0.6 is 0 Å². The van der Waals surface area contributed by atoms with E-state index in [9.17, 15) is 11.9 Å². The molecule has 0 radical (unpaired) electrons. The predicted octanol–water partition coefficient (Wildman–Crippen LogP) is -4.98. The first kappa shape index (κ1) is 21.4. The van der Waals surface area contributed by atoms with Gasteiger partial charge in [-0.1, -0.05) is 0 Å². The van der Waals surface area contributed by atoms with Gasteiger partial charge < -0.3 is 0 Å². The summed E-state index contributed by atoms with van der Waals surface area (Å²) in [6.45, 7) is 7.08. The molecule has 0 fully saturated rings. The maximum absolute atomic E-state index is 12.9. The number of alkyl halides is 2. The van der Waals surface area contributed by atoms with Crippen molar-refractivity contribution in [2.24, 2.45) is 9.86 Å². The van der Waals surface area contributed by atoms with Crippen LogP contribution in [0.25, 0.3) is 0 Å². The van der Waals surface area contributed by atoms with E-state index in [1.165, 1.54) is 4.31 Å². The standard InChI is InChI=1S/C14H24I2N2O4S/c1-4-22-12-5-7-13(8-6-12)23(20,21)18(9-11(2)3)10-14(15-17)16-19/h5-8,11,14,19H,4,9-10,17H2,1-3H3/q-2. The van der Waals surface area contributed by atoms with Crippen LogP contribution in [-0.4, -0.2) is 37.8 Å². The molecule has 0 aromatic heterocycles. The van der Waals surface area contributed by atoms with Crippen molar-refractivity contribution in [3.8, 4) is 5.75 Å². The first-order valence-electron chi connectivity index (χ1n) is 7.17. The van der Waals surface area contributed by atoms with E-state index in [2.05, 4.69) is 0 Å². The minimum absolute atomic E-state index is 0.0520. The molecule has 0 saturated heterocycles. The number of halogens is 2. The molecule has 0 bridgehead atoms. The molecule has 1 unspecified atom stereocenters. The Bertz CT molecular complexity index is 563. The number of nitrogens with two attached hydrogens (primary N) is 1. The Morgan fingerprint density at radius 3 is 2.30 bits per heavy atom. The van der Waals surface area contributed by atoms with Gasteiger partial charge in [-0.3, -0.25) is 0 Å². The fourth-order valence-electron chi connectivity index (χ4n) is 1.95. The average Bonchev–Trinajstić information content (AvgIpc) is 2.51. The number of sulfonamides is 1. The Kier molecular flexibility index (Phi) is 9.59. The number of hydrogen-bond donors (Lipinski definition) is 2.